The minimum Gasteiger partial charge on any atom is -0.404 e. The standard InChI is InChI=1S/C23H24FN9/c1-32-13-30-31-23(32)14-6-8-33(9-7-14)21-16(15-2-5-20(24)29-12-15)3-4-17(18(21)10-25)19(11-26)22(27)28/h2-5,11-14H,6-9,26H2,1H3,(H3,27,28)/b19-11-. The van der Waals surface area contributed by atoms with Gasteiger partial charge in [-0.05, 0) is 25.0 Å². The molecule has 0 unspecified atom stereocenters. The molecule has 0 bridgehead atoms. The van der Waals surface area contributed by atoms with Gasteiger partial charge in [-0.2, -0.15) is 9.65 Å². The number of aromatic nitrogens is 4. The molecular formula is C23H24FN9. The first-order chi connectivity index (χ1) is 15.9. The van der Waals surface area contributed by atoms with E-state index in [1.165, 1.54) is 18.5 Å². The summed E-state index contributed by atoms with van der Waals surface area (Å²) in [7, 11) is 1.93. The SMILES string of the molecule is Cn1cnnc1C1CCN(c2c(-c3ccc(F)nc3)ccc(/C(=C/N)C(=N)N)c2C#N)CC1. The third-order valence-electron chi connectivity index (χ3n) is 6.00. The predicted octanol–water partition coefficient (Wildman–Crippen LogP) is 2.51. The van der Waals surface area contributed by atoms with Crippen LogP contribution in [-0.4, -0.2) is 38.7 Å². The number of nitrogens with one attached hydrogen (secondary N) is 1. The van der Waals surface area contributed by atoms with Crippen LogP contribution in [0.1, 0.15) is 35.7 Å². The number of hydrogen-bond donors (Lipinski definition) is 3. The second-order valence-corrected chi connectivity index (χ2v) is 7.92. The Morgan fingerprint density at radius 2 is 2.03 bits per heavy atom. The largest absolute Gasteiger partial charge is 0.404 e. The van der Waals surface area contributed by atoms with Crippen LogP contribution in [0.2, 0.25) is 0 Å². The highest BCUT2D eigenvalue weighted by atomic mass is 19.1. The van der Waals surface area contributed by atoms with Crippen molar-refractivity contribution in [1.82, 2.24) is 19.7 Å². The first-order valence-corrected chi connectivity index (χ1v) is 10.5. The van der Waals surface area contributed by atoms with Gasteiger partial charge in [0.2, 0.25) is 5.95 Å². The van der Waals surface area contributed by atoms with Gasteiger partial charge in [-0.1, -0.05) is 12.1 Å². The fourth-order valence-corrected chi connectivity index (χ4v) is 4.37. The number of hydrogen-bond acceptors (Lipinski definition) is 7. The van der Waals surface area contributed by atoms with E-state index in [1.54, 1.807) is 18.5 Å². The van der Waals surface area contributed by atoms with Crippen LogP contribution in [0.15, 0.2) is 43.0 Å². The summed E-state index contributed by atoms with van der Waals surface area (Å²) in [6, 6.07) is 8.77. The number of halogens is 1. The molecule has 5 N–H and O–H groups in total. The molecule has 0 atom stereocenters. The van der Waals surface area contributed by atoms with Crippen molar-refractivity contribution in [1.29, 1.82) is 10.7 Å². The fraction of sp³-hybridized carbons (Fsp3) is 0.261. The lowest BCUT2D eigenvalue weighted by atomic mass is 9.90. The zero-order valence-corrected chi connectivity index (χ0v) is 18.2. The second kappa shape index (κ2) is 9.08. The lowest BCUT2D eigenvalue weighted by Gasteiger charge is -2.35. The maximum Gasteiger partial charge on any atom is 0.212 e. The summed E-state index contributed by atoms with van der Waals surface area (Å²) in [6.45, 7) is 1.36. The van der Waals surface area contributed by atoms with Crippen molar-refractivity contribution in [3.8, 4) is 17.2 Å². The molecule has 10 heteroatoms. The number of pyridine rings is 1. The molecular weight excluding hydrogens is 421 g/mol. The minimum absolute atomic E-state index is 0.225. The molecule has 0 saturated carbocycles. The molecule has 33 heavy (non-hydrogen) atoms. The smallest absolute Gasteiger partial charge is 0.212 e. The highest BCUT2D eigenvalue weighted by Gasteiger charge is 2.28. The number of nitrogens with zero attached hydrogens (tertiary/aromatic N) is 6. The average molecular weight is 446 g/mol. The van der Waals surface area contributed by atoms with Crippen molar-refractivity contribution >= 4 is 17.1 Å². The third kappa shape index (κ3) is 4.13. The van der Waals surface area contributed by atoms with Gasteiger partial charge >= 0.3 is 0 Å². The number of aryl methyl sites for hydroxylation is 1. The van der Waals surface area contributed by atoms with Gasteiger partial charge in [0.25, 0.3) is 0 Å². The highest BCUT2D eigenvalue weighted by Crippen LogP contribution is 2.40. The monoisotopic (exact) mass is 445 g/mol. The molecule has 168 valence electrons. The van der Waals surface area contributed by atoms with Gasteiger partial charge in [0.15, 0.2) is 0 Å². The van der Waals surface area contributed by atoms with E-state index >= 15 is 0 Å². The Labute approximate surface area is 190 Å². The molecule has 0 radical (unpaired) electrons. The van der Waals surface area contributed by atoms with Crippen LogP contribution < -0.4 is 16.4 Å². The molecule has 1 saturated heterocycles. The van der Waals surface area contributed by atoms with Gasteiger partial charge in [0.05, 0.1) is 11.3 Å². The van der Waals surface area contributed by atoms with E-state index in [-0.39, 0.29) is 17.3 Å². The minimum atomic E-state index is -0.577. The summed E-state index contributed by atoms with van der Waals surface area (Å²) in [6.07, 6.45) is 6.04. The van der Waals surface area contributed by atoms with Crippen molar-refractivity contribution in [2.24, 2.45) is 18.5 Å². The van der Waals surface area contributed by atoms with Crippen LogP contribution in [0.3, 0.4) is 0 Å². The summed E-state index contributed by atoms with van der Waals surface area (Å²) in [4.78, 5) is 5.92. The number of anilines is 1. The Kier molecular flexibility index (Phi) is 6.04. The van der Waals surface area contributed by atoms with E-state index in [1.807, 2.05) is 17.7 Å². The average Bonchev–Trinajstić information content (AvgIpc) is 3.25. The topological polar surface area (TPSA) is 147 Å². The van der Waals surface area contributed by atoms with Crippen LogP contribution in [0.5, 0.6) is 0 Å². The third-order valence-corrected chi connectivity index (χ3v) is 6.00. The zero-order valence-electron chi connectivity index (χ0n) is 18.2. The quantitative estimate of drug-likeness (QED) is 0.311. The lowest BCUT2D eigenvalue weighted by Crippen LogP contribution is -2.34. The molecule has 1 aromatic carbocycles. The van der Waals surface area contributed by atoms with Crippen molar-refractivity contribution in [2.75, 3.05) is 18.0 Å². The van der Waals surface area contributed by atoms with Crippen molar-refractivity contribution in [3.63, 3.8) is 0 Å². The predicted molar refractivity (Wildman–Crippen MR) is 124 cm³/mol. The summed E-state index contributed by atoms with van der Waals surface area (Å²) in [5.74, 6) is 0.399. The Morgan fingerprint density at radius 3 is 2.58 bits per heavy atom. The number of piperidine rings is 1. The maximum atomic E-state index is 13.5. The van der Waals surface area contributed by atoms with Crippen molar-refractivity contribution in [2.45, 2.75) is 18.8 Å². The molecule has 2 aromatic heterocycles. The van der Waals surface area contributed by atoms with Gasteiger partial charge in [-0.25, -0.2) is 4.98 Å². The molecule has 1 fully saturated rings. The fourth-order valence-electron chi connectivity index (χ4n) is 4.37. The number of nitrogens with two attached hydrogens (primary N) is 2. The van der Waals surface area contributed by atoms with Crippen LogP contribution >= 0.6 is 0 Å². The van der Waals surface area contributed by atoms with E-state index in [9.17, 15) is 9.65 Å². The molecule has 3 aromatic rings. The van der Waals surface area contributed by atoms with Gasteiger partial charge in [-0.15, -0.1) is 10.2 Å². The van der Waals surface area contributed by atoms with Crippen molar-refractivity contribution < 1.29 is 4.39 Å². The first kappa shape index (κ1) is 22.0. The Hall–Kier alpha value is -4.26. The van der Waals surface area contributed by atoms with Gasteiger partial charge < -0.3 is 20.9 Å². The summed E-state index contributed by atoms with van der Waals surface area (Å²) in [5.41, 5.74) is 14.7. The number of amidine groups is 1. The lowest BCUT2D eigenvalue weighted by molar-refractivity contribution is 0.474. The Bertz CT molecular complexity index is 1250. The maximum absolute atomic E-state index is 13.5. The normalized spacial score (nSPS) is 14.8. The van der Waals surface area contributed by atoms with Gasteiger partial charge in [0, 0.05) is 60.7 Å². The molecule has 1 aliphatic rings. The van der Waals surface area contributed by atoms with Crippen LogP contribution in [0.4, 0.5) is 10.1 Å². The number of benzene rings is 1. The Morgan fingerprint density at radius 1 is 1.27 bits per heavy atom. The van der Waals surface area contributed by atoms with Gasteiger partial charge in [0.1, 0.15) is 24.1 Å². The van der Waals surface area contributed by atoms with Crippen molar-refractivity contribution in [3.05, 3.63) is 65.9 Å². The highest BCUT2D eigenvalue weighted by molar-refractivity contribution is 6.21. The van der Waals surface area contributed by atoms with E-state index in [4.69, 9.17) is 16.9 Å². The molecule has 0 aliphatic carbocycles. The second-order valence-electron chi connectivity index (χ2n) is 7.92. The summed E-state index contributed by atoms with van der Waals surface area (Å²) >= 11 is 0. The molecule has 3 heterocycles. The van der Waals surface area contributed by atoms with E-state index in [0.717, 1.165) is 24.2 Å². The zero-order chi connectivity index (χ0) is 23.5. The van der Waals surface area contributed by atoms with Gasteiger partial charge in [-0.3, -0.25) is 5.41 Å². The number of rotatable bonds is 5. The van der Waals surface area contributed by atoms with E-state index < -0.39 is 5.95 Å². The van der Waals surface area contributed by atoms with E-state index in [0.29, 0.717) is 35.5 Å². The summed E-state index contributed by atoms with van der Waals surface area (Å²) < 4.78 is 15.4. The first-order valence-electron chi connectivity index (χ1n) is 10.5. The Balaban J connectivity index is 1.80. The molecule has 4 rings (SSSR count). The van der Waals surface area contributed by atoms with E-state index in [2.05, 4.69) is 26.2 Å². The number of nitriles is 1. The molecule has 1 aliphatic heterocycles. The molecule has 0 amide bonds. The molecule has 9 nitrogen and oxygen atoms in total. The molecule has 0 spiro atoms. The van der Waals surface area contributed by atoms with Crippen LogP contribution in [-0.2, 0) is 7.05 Å². The summed E-state index contributed by atoms with van der Waals surface area (Å²) in [5, 5.41) is 26.3. The van der Waals surface area contributed by atoms with Crippen LogP contribution in [0.25, 0.3) is 16.7 Å². The van der Waals surface area contributed by atoms with Crippen LogP contribution in [0, 0.1) is 22.7 Å².